The molecular formula is C20H25N3O. The van der Waals surface area contributed by atoms with Gasteiger partial charge in [-0.15, -0.1) is 0 Å². The maximum absolute atomic E-state index is 12.6. The molecule has 1 N–H and O–H groups in total. The molecule has 2 fully saturated rings. The number of nitrogens with zero attached hydrogens (tertiary/aromatic N) is 2. The van der Waals surface area contributed by atoms with Gasteiger partial charge >= 0.3 is 0 Å². The fourth-order valence-corrected chi connectivity index (χ4v) is 4.58. The van der Waals surface area contributed by atoms with Gasteiger partial charge in [0.2, 0.25) is 0 Å². The monoisotopic (exact) mass is 323 g/mol. The molecule has 0 radical (unpaired) electrons. The first kappa shape index (κ1) is 15.6. The largest absolute Gasteiger partial charge is 0.316 e. The lowest BCUT2D eigenvalue weighted by atomic mass is 9.70. The quantitative estimate of drug-likeness (QED) is 0.944. The Kier molecular flexibility index (Phi) is 4.23. The first-order valence-electron chi connectivity index (χ1n) is 9.09. The van der Waals surface area contributed by atoms with Crippen molar-refractivity contribution in [1.29, 1.82) is 0 Å². The van der Waals surface area contributed by atoms with Crippen LogP contribution < -0.4 is 10.9 Å². The third kappa shape index (κ3) is 2.91. The highest BCUT2D eigenvalue weighted by Crippen LogP contribution is 2.47. The van der Waals surface area contributed by atoms with Crippen molar-refractivity contribution in [2.45, 2.75) is 38.6 Å². The molecule has 2 aliphatic rings. The summed E-state index contributed by atoms with van der Waals surface area (Å²) in [6.07, 6.45) is 8.17. The minimum Gasteiger partial charge on any atom is -0.316 e. The highest BCUT2D eigenvalue weighted by Gasteiger charge is 2.42. The van der Waals surface area contributed by atoms with E-state index in [0.717, 1.165) is 37.3 Å². The van der Waals surface area contributed by atoms with E-state index in [4.69, 9.17) is 0 Å². The second-order valence-electron chi connectivity index (χ2n) is 7.36. The van der Waals surface area contributed by atoms with Crippen molar-refractivity contribution in [1.82, 2.24) is 14.9 Å². The lowest BCUT2D eigenvalue weighted by molar-refractivity contribution is 0.101. The standard InChI is InChI=1S/C20H25N3O/c24-19-12-18(16-6-2-1-3-7-16)22-15-23(19)13-17-8-11-21-14-20(17)9-4-5-10-20/h1-3,6-7,12,15,17,21H,4-5,8-11,13-14H2/t17-/m0/s1. The van der Waals surface area contributed by atoms with E-state index >= 15 is 0 Å². The summed E-state index contributed by atoms with van der Waals surface area (Å²) in [5.41, 5.74) is 2.22. The molecule has 126 valence electrons. The molecule has 1 aromatic heterocycles. The highest BCUT2D eigenvalue weighted by atomic mass is 16.1. The first-order valence-corrected chi connectivity index (χ1v) is 9.09. The third-order valence-electron chi connectivity index (χ3n) is 5.98. The molecule has 1 saturated heterocycles. The molecule has 1 aliphatic carbocycles. The molecule has 4 nitrogen and oxygen atoms in total. The summed E-state index contributed by atoms with van der Waals surface area (Å²) >= 11 is 0. The molecule has 0 amide bonds. The van der Waals surface area contributed by atoms with E-state index in [0.29, 0.717) is 11.3 Å². The minimum atomic E-state index is 0.0653. The lowest BCUT2D eigenvalue weighted by Crippen LogP contribution is -2.47. The highest BCUT2D eigenvalue weighted by molar-refractivity contribution is 5.57. The normalized spacial score (nSPS) is 22.8. The molecule has 4 rings (SSSR count). The molecule has 1 spiro atoms. The summed E-state index contributed by atoms with van der Waals surface area (Å²) in [5.74, 6) is 0.586. The van der Waals surface area contributed by atoms with E-state index in [9.17, 15) is 4.79 Å². The van der Waals surface area contributed by atoms with Crippen molar-refractivity contribution in [2.75, 3.05) is 13.1 Å². The number of piperidine rings is 1. The van der Waals surface area contributed by atoms with Gasteiger partial charge in [-0.2, -0.15) is 0 Å². The van der Waals surface area contributed by atoms with Crippen LogP contribution in [0.5, 0.6) is 0 Å². The maximum atomic E-state index is 12.6. The van der Waals surface area contributed by atoms with Crippen LogP contribution in [0, 0.1) is 11.3 Å². The Morgan fingerprint density at radius 2 is 2.00 bits per heavy atom. The smallest absolute Gasteiger partial charge is 0.253 e. The van der Waals surface area contributed by atoms with Crippen molar-refractivity contribution in [3.8, 4) is 11.3 Å². The van der Waals surface area contributed by atoms with Crippen LogP contribution in [0.25, 0.3) is 11.3 Å². The van der Waals surface area contributed by atoms with Crippen molar-refractivity contribution in [3.63, 3.8) is 0 Å². The van der Waals surface area contributed by atoms with Crippen LogP contribution in [0.4, 0.5) is 0 Å². The average Bonchev–Trinajstić information content (AvgIpc) is 3.08. The Morgan fingerprint density at radius 3 is 2.75 bits per heavy atom. The molecular weight excluding hydrogens is 298 g/mol. The van der Waals surface area contributed by atoms with Crippen LogP contribution in [0.3, 0.4) is 0 Å². The molecule has 2 heterocycles. The molecule has 24 heavy (non-hydrogen) atoms. The fourth-order valence-electron chi connectivity index (χ4n) is 4.58. The average molecular weight is 323 g/mol. The van der Waals surface area contributed by atoms with Gasteiger partial charge in [0.1, 0.15) is 0 Å². The Labute approximate surface area is 142 Å². The summed E-state index contributed by atoms with van der Waals surface area (Å²) in [6, 6.07) is 11.6. The SMILES string of the molecule is O=c1cc(-c2ccccc2)ncn1C[C@@H]1CCNCC12CCCC2. The summed E-state index contributed by atoms with van der Waals surface area (Å²) in [5, 5.41) is 3.58. The van der Waals surface area contributed by atoms with E-state index in [-0.39, 0.29) is 5.56 Å². The van der Waals surface area contributed by atoms with Crippen LogP contribution in [0.2, 0.25) is 0 Å². The summed E-state index contributed by atoms with van der Waals surface area (Å²) in [7, 11) is 0. The molecule has 0 unspecified atom stereocenters. The van der Waals surface area contributed by atoms with Crippen LogP contribution >= 0.6 is 0 Å². The molecule has 0 bridgehead atoms. The van der Waals surface area contributed by atoms with E-state index in [1.54, 1.807) is 12.4 Å². The summed E-state index contributed by atoms with van der Waals surface area (Å²) in [4.78, 5) is 17.1. The lowest BCUT2D eigenvalue weighted by Gasteiger charge is -2.42. The van der Waals surface area contributed by atoms with E-state index in [1.165, 1.54) is 25.7 Å². The molecule has 1 atom stereocenters. The third-order valence-corrected chi connectivity index (χ3v) is 5.98. The second-order valence-corrected chi connectivity index (χ2v) is 7.36. The Morgan fingerprint density at radius 1 is 1.21 bits per heavy atom. The van der Waals surface area contributed by atoms with Gasteiger partial charge in [0.25, 0.3) is 5.56 Å². The van der Waals surface area contributed by atoms with Crippen molar-refractivity contribution in [2.24, 2.45) is 11.3 Å². The number of rotatable bonds is 3. The fraction of sp³-hybridized carbons (Fsp3) is 0.500. The van der Waals surface area contributed by atoms with Crippen molar-refractivity contribution >= 4 is 0 Å². The molecule has 1 aliphatic heterocycles. The van der Waals surface area contributed by atoms with E-state index in [1.807, 2.05) is 34.9 Å². The van der Waals surface area contributed by atoms with E-state index < -0.39 is 0 Å². The minimum absolute atomic E-state index is 0.0653. The van der Waals surface area contributed by atoms with Gasteiger partial charge in [0.05, 0.1) is 12.0 Å². The number of aromatic nitrogens is 2. The Hall–Kier alpha value is -1.94. The predicted octanol–water partition coefficient (Wildman–Crippen LogP) is 3.08. The molecule has 1 aromatic carbocycles. The Balaban J connectivity index is 1.57. The van der Waals surface area contributed by atoms with Gasteiger partial charge in [0.15, 0.2) is 0 Å². The van der Waals surface area contributed by atoms with Crippen molar-refractivity contribution < 1.29 is 0 Å². The maximum Gasteiger partial charge on any atom is 0.253 e. The van der Waals surface area contributed by atoms with Gasteiger partial charge < -0.3 is 5.32 Å². The van der Waals surface area contributed by atoms with Crippen molar-refractivity contribution in [3.05, 3.63) is 53.1 Å². The first-order chi connectivity index (χ1) is 11.8. The van der Waals surface area contributed by atoms with Gasteiger partial charge in [-0.3, -0.25) is 9.36 Å². The zero-order valence-electron chi connectivity index (χ0n) is 14.1. The van der Waals surface area contributed by atoms with Gasteiger partial charge in [-0.25, -0.2) is 4.98 Å². The van der Waals surface area contributed by atoms with Crippen LogP contribution in [0.15, 0.2) is 47.5 Å². The van der Waals surface area contributed by atoms with Gasteiger partial charge in [0, 0.05) is 24.7 Å². The zero-order valence-corrected chi connectivity index (χ0v) is 14.1. The number of hydrogen-bond donors (Lipinski definition) is 1. The second kappa shape index (κ2) is 6.52. The summed E-state index contributed by atoms with van der Waals surface area (Å²) < 4.78 is 1.82. The van der Waals surface area contributed by atoms with Gasteiger partial charge in [-0.1, -0.05) is 43.2 Å². The summed E-state index contributed by atoms with van der Waals surface area (Å²) in [6.45, 7) is 2.99. The van der Waals surface area contributed by atoms with Crippen LogP contribution in [-0.2, 0) is 6.54 Å². The number of nitrogens with one attached hydrogen (secondary N) is 1. The van der Waals surface area contributed by atoms with Crippen LogP contribution in [0.1, 0.15) is 32.1 Å². The van der Waals surface area contributed by atoms with Gasteiger partial charge in [-0.05, 0) is 37.1 Å². The number of benzene rings is 1. The van der Waals surface area contributed by atoms with Crippen LogP contribution in [-0.4, -0.2) is 22.6 Å². The molecule has 1 saturated carbocycles. The number of hydrogen-bond acceptors (Lipinski definition) is 3. The zero-order chi connectivity index (χ0) is 16.4. The molecule has 2 aromatic rings. The predicted molar refractivity (Wildman–Crippen MR) is 95.8 cm³/mol. The topological polar surface area (TPSA) is 46.9 Å². The molecule has 4 heteroatoms. The van der Waals surface area contributed by atoms with E-state index in [2.05, 4.69) is 10.3 Å². The Bertz CT molecular complexity index is 747.